The van der Waals surface area contributed by atoms with Gasteiger partial charge in [-0.3, -0.25) is 4.79 Å². The van der Waals surface area contributed by atoms with Crippen LogP contribution in [0.1, 0.15) is 37.0 Å². The molecule has 2 aliphatic heterocycles. The Balaban J connectivity index is 1.44. The summed E-state index contributed by atoms with van der Waals surface area (Å²) in [6.45, 7) is 9.64. The van der Waals surface area contributed by atoms with Crippen molar-refractivity contribution in [2.45, 2.75) is 26.2 Å². The first kappa shape index (κ1) is 16.8. The van der Waals surface area contributed by atoms with Crippen molar-refractivity contribution in [3.8, 4) is 0 Å². The molecule has 138 valence electrons. The molecule has 2 atom stereocenters. The smallest absolute Gasteiger partial charge is 0.323 e. The molecule has 1 amide bonds. The lowest BCUT2D eigenvalue weighted by atomic mass is 9.92. The molecule has 0 aliphatic carbocycles. The molecule has 0 radical (unpaired) electrons. The Morgan fingerprint density at radius 1 is 1.15 bits per heavy atom. The van der Waals surface area contributed by atoms with Crippen LogP contribution in [0, 0.1) is 11.8 Å². The zero-order valence-electron chi connectivity index (χ0n) is 15.3. The Hall–Kier alpha value is -2.64. The van der Waals surface area contributed by atoms with E-state index in [-0.39, 0.29) is 17.0 Å². The van der Waals surface area contributed by atoms with E-state index in [4.69, 9.17) is 0 Å². The number of hydrogen-bond acceptors (Lipinski definition) is 5. The third-order valence-electron chi connectivity index (χ3n) is 5.34. The number of rotatable bonds is 2. The van der Waals surface area contributed by atoms with Gasteiger partial charge in [-0.25, -0.2) is 14.8 Å². The molecule has 0 spiro atoms. The van der Waals surface area contributed by atoms with Gasteiger partial charge in [-0.05, 0) is 0 Å². The molecule has 2 aliphatic rings. The van der Waals surface area contributed by atoms with Gasteiger partial charge in [0.2, 0.25) is 0 Å². The van der Waals surface area contributed by atoms with Crippen LogP contribution in [-0.4, -0.2) is 56.9 Å². The predicted octanol–water partition coefficient (Wildman–Crippen LogP) is 0.999. The van der Waals surface area contributed by atoms with Crippen LogP contribution in [0.5, 0.6) is 0 Å². The first-order valence-electron chi connectivity index (χ1n) is 8.96. The minimum atomic E-state index is -0.350. The largest absolute Gasteiger partial charge is 0.356 e. The van der Waals surface area contributed by atoms with E-state index in [9.17, 15) is 9.59 Å². The number of imidazole rings is 1. The van der Waals surface area contributed by atoms with E-state index in [1.54, 1.807) is 6.33 Å². The minimum absolute atomic E-state index is 0.00994. The topological polar surface area (TPSA) is 98.0 Å². The molecule has 2 aromatic rings. The highest BCUT2D eigenvalue weighted by atomic mass is 16.2. The molecule has 8 heteroatoms. The van der Waals surface area contributed by atoms with Crippen molar-refractivity contribution in [2.24, 2.45) is 11.8 Å². The van der Waals surface area contributed by atoms with Gasteiger partial charge in [0, 0.05) is 55.7 Å². The summed E-state index contributed by atoms with van der Waals surface area (Å²) in [4.78, 5) is 41.7. The van der Waals surface area contributed by atoms with Gasteiger partial charge in [-0.1, -0.05) is 20.8 Å². The van der Waals surface area contributed by atoms with Crippen molar-refractivity contribution in [2.75, 3.05) is 31.1 Å². The average Bonchev–Trinajstić information content (AvgIpc) is 3.27. The fourth-order valence-corrected chi connectivity index (χ4v) is 3.89. The molecular weight excluding hydrogens is 332 g/mol. The summed E-state index contributed by atoms with van der Waals surface area (Å²) in [6, 6.07) is 2.08. The molecular formula is C18H24N6O2. The molecule has 8 nitrogen and oxygen atoms in total. The van der Waals surface area contributed by atoms with Gasteiger partial charge in [0.1, 0.15) is 17.8 Å². The summed E-state index contributed by atoms with van der Waals surface area (Å²) >= 11 is 0. The van der Waals surface area contributed by atoms with Crippen molar-refractivity contribution in [3.05, 3.63) is 40.5 Å². The maximum atomic E-state index is 12.5. The minimum Gasteiger partial charge on any atom is -0.356 e. The third kappa shape index (κ3) is 3.00. The number of hydrogen-bond donors (Lipinski definition) is 2. The number of nitrogens with one attached hydrogen (secondary N) is 2. The van der Waals surface area contributed by atoms with Gasteiger partial charge in [-0.2, -0.15) is 0 Å². The fraction of sp³-hybridized carbons (Fsp3) is 0.556. The highest BCUT2D eigenvalue weighted by molar-refractivity contribution is 5.92. The summed E-state index contributed by atoms with van der Waals surface area (Å²) in [5.74, 6) is 1.71. The SMILES string of the molecule is CC(C)(C)c1cc(N2CC3CN(C(=O)c4c[nH]c(=O)[nH]4)CC3C2)ncn1. The molecule has 4 heterocycles. The Bertz CT molecular complexity index is 866. The number of carbonyl (C=O) groups is 1. The summed E-state index contributed by atoms with van der Waals surface area (Å²) in [5.41, 5.74) is 1.01. The Kier molecular flexibility index (Phi) is 3.86. The molecule has 26 heavy (non-hydrogen) atoms. The molecule has 0 bridgehead atoms. The van der Waals surface area contributed by atoms with Crippen molar-refractivity contribution >= 4 is 11.7 Å². The summed E-state index contributed by atoms with van der Waals surface area (Å²) in [6.07, 6.45) is 3.09. The third-order valence-corrected chi connectivity index (χ3v) is 5.34. The van der Waals surface area contributed by atoms with Crippen LogP contribution < -0.4 is 10.6 Å². The Labute approximate surface area is 151 Å². The maximum absolute atomic E-state index is 12.5. The lowest BCUT2D eigenvalue weighted by Crippen LogP contribution is -2.34. The van der Waals surface area contributed by atoms with Crippen LogP contribution in [0.25, 0.3) is 0 Å². The van der Waals surface area contributed by atoms with Gasteiger partial charge in [0.05, 0.1) is 5.69 Å². The van der Waals surface area contributed by atoms with Crippen LogP contribution in [0.4, 0.5) is 5.82 Å². The molecule has 2 unspecified atom stereocenters. The zero-order valence-corrected chi connectivity index (χ0v) is 15.3. The second kappa shape index (κ2) is 5.96. The van der Waals surface area contributed by atoms with Gasteiger partial charge in [0.15, 0.2) is 0 Å². The molecule has 0 aromatic carbocycles. The molecule has 2 fully saturated rings. The van der Waals surface area contributed by atoms with Crippen molar-refractivity contribution < 1.29 is 4.79 Å². The van der Waals surface area contributed by atoms with Crippen LogP contribution >= 0.6 is 0 Å². The standard InChI is InChI=1S/C18H24N6O2/c1-18(2,3)14-4-15(21-10-20-14)23-6-11-8-24(9-12(11)7-23)16(25)13-5-19-17(26)22-13/h4-5,10-12H,6-9H2,1-3H3,(H2,19,22,26). The number of carbonyl (C=O) groups excluding carboxylic acids is 1. The second-order valence-electron chi connectivity index (χ2n) is 8.30. The quantitative estimate of drug-likeness (QED) is 0.836. The Morgan fingerprint density at radius 3 is 2.42 bits per heavy atom. The van der Waals surface area contributed by atoms with Gasteiger partial charge < -0.3 is 19.8 Å². The fourth-order valence-electron chi connectivity index (χ4n) is 3.89. The number of fused-ring (bicyclic) bond motifs is 1. The number of nitrogens with zero attached hydrogens (tertiary/aromatic N) is 4. The van der Waals surface area contributed by atoms with E-state index in [0.29, 0.717) is 30.6 Å². The second-order valence-corrected chi connectivity index (χ2v) is 8.30. The van der Waals surface area contributed by atoms with E-state index in [0.717, 1.165) is 24.6 Å². The predicted molar refractivity (Wildman–Crippen MR) is 97.2 cm³/mol. The first-order valence-corrected chi connectivity index (χ1v) is 8.96. The molecule has 2 saturated heterocycles. The Morgan fingerprint density at radius 2 is 1.85 bits per heavy atom. The summed E-state index contributed by atoms with van der Waals surface area (Å²) in [7, 11) is 0. The first-order chi connectivity index (χ1) is 12.3. The highest BCUT2D eigenvalue weighted by Crippen LogP contribution is 2.34. The van der Waals surface area contributed by atoms with E-state index in [2.05, 4.69) is 51.7 Å². The van der Waals surface area contributed by atoms with Gasteiger partial charge in [-0.15, -0.1) is 0 Å². The molecule has 2 N–H and O–H groups in total. The summed E-state index contributed by atoms with van der Waals surface area (Å²) in [5, 5.41) is 0. The molecule has 2 aromatic heterocycles. The van der Waals surface area contributed by atoms with E-state index in [1.165, 1.54) is 6.20 Å². The van der Waals surface area contributed by atoms with Crippen LogP contribution in [0.2, 0.25) is 0 Å². The zero-order chi connectivity index (χ0) is 18.5. The molecule has 4 rings (SSSR count). The van der Waals surface area contributed by atoms with Crippen LogP contribution in [-0.2, 0) is 5.41 Å². The number of aromatic amines is 2. The van der Waals surface area contributed by atoms with Crippen molar-refractivity contribution in [1.29, 1.82) is 0 Å². The van der Waals surface area contributed by atoms with Crippen LogP contribution in [0.3, 0.4) is 0 Å². The van der Waals surface area contributed by atoms with Crippen LogP contribution in [0.15, 0.2) is 23.4 Å². The van der Waals surface area contributed by atoms with E-state index < -0.39 is 0 Å². The summed E-state index contributed by atoms with van der Waals surface area (Å²) < 4.78 is 0. The number of anilines is 1. The van der Waals surface area contributed by atoms with E-state index >= 15 is 0 Å². The lowest BCUT2D eigenvalue weighted by molar-refractivity contribution is 0.0777. The van der Waals surface area contributed by atoms with Gasteiger partial charge >= 0.3 is 5.69 Å². The lowest BCUT2D eigenvalue weighted by Gasteiger charge is -2.24. The van der Waals surface area contributed by atoms with Crippen molar-refractivity contribution in [3.63, 3.8) is 0 Å². The number of H-pyrrole nitrogens is 2. The number of likely N-dealkylation sites (tertiary alicyclic amines) is 1. The number of amides is 1. The maximum Gasteiger partial charge on any atom is 0.323 e. The van der Waals surface area contributed by atoms with E-state index in [1.807, 2.05) is 4.90 Å². The average molecular weight is 356 g/mol. The van der Waals surface area contributed by atoms with Gasteiger partial charge in [0.25, 0.3) is 5.91 Å². The number of aromatic nitrogens is 4. The normalized spacial score (nSPS) is 22.7. The van der Waals surface area contributed by atoms with Crippen molar-refractivity contribution in [1.82, 2.24) is 24.8 Å². The highest BCUT2D eigenvalue weighted by Gasteiger charge is 2.42. The molecule has 0 saturated carbocycles. The monoisotopic (exact) mass is 356 g/mol.